The molecule has 2 amide bonds. The van der Waals surface area contributed by atoms with Crippen LogP contribution in [0.15, 0.2) is 48.5 Å². The maximum absolute atomic E-state index is 12.8. The number of nitro benzene ring substituents is 1. The zero-order chi connectivity index (χ0) is 28.9. The summed E-state index contributed by atoms with van der Waals surface area (Å²) in [6.07, 6.45) is -3.71. The van der Waals surface area contributed by atoms with E-state index in [1.807, 2.05) is 6.07 Å². The van der Waals surface area contributed by atoms with Gasteiger partial charge >= 0.3 is 12.3 Å². The summed E-state index contributed by atoms with van der Waals surface area (Å²) >= 11 is 12.4. The average molecular weight is 600 g/mol. The molecule has 0 saturated carbocycles. The van der Waals surface area contributed by atoms with E-state index >= 15 is 0 Å². The van der Waals surface area contributed by atoms with Crippen molar-refractivity contribution >= 4 is 58.3 Å². The molecule has 0 aliphatic heterocycles. The summed E-state index contributed by atoms with van der Waals surface area (Å²) < 4.78 is 43.6. The minimum Gasteiger partial charge on any atom is -0.410 e. The number of aliphatic hydroxyl groups is 1. The zero-order valence-corrected chi connectivity index (χ0v) is 22.7. The van der Waals surface area contributed by atoms with Gasteiger partial charge in [0.05, 0.1) is 4.92 Å². The second-order valence-electron chi connectivity index (χ2n) is 7.69. The molecule has 38 heavy (non-hydrogen) atoms. The predicted molar refractivity (Wildman–Crippen MR) is 141 cm³/mol. The van der Waals surface area contributed by atoms with Crippen LogP contribution in [0.25, 0.3) is 0 Å². The van der Waals surface area contributed by atoms with E-state index in [-0.39, 0.29) is 11.4 Å². The van der Waals surface area contributed by atoms with Crippen LogP contribution in [0.2, 0.25) is 0 Å². The summed E-state index contributed by atoms with van der Waals surface area (Å²) in [6.45, 7) is 2.08. The van der Waals surface area contributed by atoms with E-state index in [0.29, 0.717) is 42.7 Å². The fourth-order valence-electron chi connectivity index (χ4n) is 2.76. The number of para-hydroxylation sites is 1. The molecule has 0 spiro atoms. The highest BCUT2D eigenvalue weighted by Crippen LogP contribution is 2.37. The third-order valence-electron chi connectivity index (χ3n) is 4.59. The number of thioether (sulfide) groups is 1. The lowest BCUT2D eigenvalue weighted by molar-refractivity contribution is -0.388. The molecule has 0 fully saturated rings. The minimum atomic E-state index is -4.94. The highest BCUT2D eigenvalue weighted by atomic mass is 35.5. The van der Waals surface area contributed by atoms with Gasteiger partial charge in [0.2, 0.25) is 0 Å². The second-order valence-corrected chi connectivity index (χ2v) is 9.32. The standard InChI is InChI=1S/C12H13F3N2O4S.C11H13Cl2NO2/c1-11(19,6-22-2)10(18)16-7-3-4-9(17(20)21)8(5-7)12(13,14)15;12-6-8-14(9-7-13)11(15)16-10-4-2-1-3-5-10/h3-5,19H,6H2,1-2H3,(H,16,18);1-5H,6-9H2/t11-;/m0./s1. The van der Waals surface area contributed by atoms with Gasteiger partial charge in [0.1, 0.15) is 16.9 Å². The Hall–Kier alpha value is -2.74. The van der Waals surface area contributed by atoms with Gasteiger partial charge < -0.3 is 20.1 Å². The van der Waals surface area contributed by atoms with Crippen molar-refractivity contribution in [1.82, 2.24) is 4.90 Å². The lowest BCUT2D eigenvalue weighted by atomic mass is 10.1. The van der Waals surface area contributed by atoms with Crippen LogP contribution in [0, 0.1) is 10.1 Å². The van der Waals surface area contributed by atoms with Crippen LogP contribution in [0.3, 0.4) is 0 Å². The molecule has 0 aromatic heterocycles. The lowest BCUT2D eigenvalue weighted by Crippen LogP contribution is -2.42. The number of nitrogens with zero attached hydrogens (tertiary/aromatic N) is 2. The number of alkyl halides is 5. The highest BCUT2D eigenvalue weighted by molar-refractivity contribution is 7.98. The SMILES string of the molecule is CSC[C@](C)(O)C(=O)Nc1ccc([N+](=O)[O-])c(C(F)(F)F)c1.O=C(Oc1ccccc1)N(CCCl)CCCl. The monoisotopic (exact) mass is 599 g/mol. The average Bonchev–Trinajstić information content (AvgIpc) is 2.84. The van der Waals surface area contributed by atoms with E-state index in [1.165, 1.54) is 23.6 Å². The predicted octanol–water partition coefficient (Wildman–Crippen LogP) is 5.63. The minimum absolute atomic E-state index is 0.0396. The molecule has 0 unspecified atom stereocenters. The summed E-state index contributed by atoms with van der Waals surface area (Å²) in [5.74, 6) is 0.380. The lowest BCUT2D eigenvalue weighted by Gasteiger charge is -2.21. The van der Waals surface area contributed by atoms with Crippen LogP contribution in [0.5, 0.6) is 5.75 Å². The number of benzene rings is 2. The van der Waals surface area contributed by atoms with E-state index in [1.54, 1.807) is 30.5 Å². The Balaban J connectivity index is 0.000000399. The number of nitro groups is 1. The summed E-state index contributed by atoms with van der Waals surface area (Å²) in [4.78, 5) is 34.4. The maximum atomic E-state index is 12.8. The first-order chi connectivity index (χ1) is 17.8. The molecule has 0 aliphatic rings. The first-order valence-corrected chi connectivity index (χ1v) is 13.2. The molecule has 210 valence electrons. The van der Waals surface area contributed by atoms with Gasteiger partial charge in [-0.3, -0.25) is 14.9 Å². The first-order valence-electron chi connectivity index (χ1n) is 10.8. The number of anilines is 1. The van der Waals surface area contributed by atoms with Crippen molar-refractivity contribution in [1.29, 1.82) is 0 Å². The number of rotatable bonds is 10. The molecule has 0 bridgehead atoms. The fraction of sp³-hybridized carbons (Fsp3) is 0.391. The Labute approximate surface area is 231 Å². The molecule has 9 nitrogen and oxygen atoms in total. The molecule has 1 atom stereocenters. The maximum Gasteiger partial charge on any atom is 0.423 e. The number of carbonyl (C=O) groups excluding carboxylic acids is 2. The molecular weight excluding hydrogens is 574 g/mol. The summed E-state index contributed by atoms with van der Waals surface area (Å²) in [6, 6.07) is 11.0. The largest absolute Gasteiger partial charge is 0.423 e. The van der Waals surface area contributed by atoms with E-state index in [0.717, 1.165) is 6.07 Å². The number of hydrogen-bond acceptors (Lipinski definition) is 7. The molecule has 2 N–H and O–H groups in total. The Morgan fingerprint density at radius 2 is 1.71 bits per heavy atom. The van der Waals surface area contributed by atoms with E-state index in [4.69, 9.17) is 27.9 Å². The highest BCUT2D eigenvalue weighted by Gasteiger charge is 2.39. The molecular formula is C23H26Cl2F3N3O6S. The number of nitrogens with one attached hydrogen (secondary N) is 1. The molecule has 0 saturated heterocycles. The van der Waals surface area contributed by atoms with Crippen molar-refractivity contribution in [3.8, 4) is 5.75 Å². The Morgan fingerprint density at radius 1 is 1.13 bits per heavy atom. The number of hydrogen-bond donors (Lipinski definition) is 2. The van der Waals surface area contributed by atoms with Crippen LogP contribution in [-0.4, -0.2) is 69.4 Å². The zero-order valence-electron chi connectivity index (χ0n) is 20.3. The van der Waals surface area contributed by atoms with Gasteiger partial charge in [-0.1, -0.05) is 18.2 Å². The Morgan fingerprint density at radius 3 is 2.18 bits per heavy atom. The van der Waals surface area contributed by atoms with Crippen molar-refractivity contribution in [2.24, 2.45) is 0 Å². The topological polar surface area (TPSA) is 122 Å². The van der Waals surface area contributed by atoms with Crippen LogP contribution in [0.4, 0.5) is 29.3 Å². The van der Waals surface area contributed by atoms with Crippen LogP contribution < -0.4 is 10.1 Å². The van der Waals surface area contributed by atoms with Crippen LogP contribution in [-0.2, 0) is 11.0 Å². The molecule has 2 rings (SSSR count). The van der Waals surface area contributed by atoms with E-state index < -0.39 is 40.0 Å². The van der Waals surface area contributed by atoms with Crippen molar-refractivity contribution in [2.75, 3.05) is 42.2 Å². The fourth-order valence-corrected chi connectivity index (χ4v) is 3.87. The summed E-state index contributed by atoms with van der Waals surface area (Å²) in [5.41, 5.74) is -4.65. The third-order valence-corrected chi connectivity index (χ3v) is 5.78. The van der Waals surface area contributed by atoms with Crippen LogP contribution >= 0.6 is 35.0 Å². The van der Waals surface area contributed by atoms with Crippen molar-refractivity contribution < 1.29 is 37.5 Å². The van der Waals surface area contributed by atoms with Gasteiger partial charge in [-0.2, -0.15) is 24.9 Å². The molecule has 2 aromatic carbocycles. The number of carbonyl (C=O) groups is 2. The number of halogens is 5. The first kappa shape index (κ1) is 33.3. The van der Waals surface area contributed by atoms with Crippen molar-refractivity contribution in [3.63, 3.8) is 0 Å². The smallest absolute Gasteiger partial charge is 0.410 e. The molecule has 0 radical (unpaired) electrons. The summed E-state index contributed by atoms with van der Waals surface area (Å²) in [5, 5.41) is 22.6. The molecule has 0 heterocycles. The van der Waals surface area contributed by atoms with Crippen LogP contribution in [0.1, 0.15) is 12.5 Å². The van der Waals surface area contributed by atoms with Gasteiger partial charge in [-0.15, -0.1) is 23.2 Å². The van der Waals surface area contributed by atoms with Gasteiger partial charge in [0.25, 0.3) is 11.6 Å². The molecule has 0 aliphatic carbocycles. The molecule has 2 aromatic rings. The number of ether oxygens (including phenoxy) is 1. The van der Waals surface area contributed by atoms with Crippen molar-refractivity contribution in [3.05, 3.63) is 64.2 Å². The number of amides is 2. The van der Waals surface area contributed by atoms with Gasteiger partial charge in [0.15, 0.2) is 0 Å². The normalized spacial score (nSPS) is 12.4. The van der Waals surface area contributed by atoms with Gasteiger partial charge in [-0.25, -0.2) is 4.79 Å². The Bertz CT molecular complexity index is 1070. The van der Waals surface area contributed by atoms with E-state index in [9.17, 15) is 38.0 Å². The van der Waals surface area contributed by atoms with E-state index in [2.05, 4.69) is 5.32 Å². The van der Waals surface area contributed by atoms with Crippen molar-refractivity contribution in [2.45, 2.75) is 18.7 Å². The van der Waals surface area contributed by atoms with Gasteiger partial charge in [0, 0.05) is 42.4 Å². The molecule has 15 heteroatoms. The van der Waals surface area contributed by atoms with Gasteiger partial charge in [-0.05, 0) is 37.4 Å². The Kier molecular flexibility index (Phi) is 13.7. The summed E-state index contributed by atoms with van der Waals surface area (Å²) in [7, 11) is 0. The third kappa shape index (κ3) is 10.9. The quantitative estimate of drug-likeness (QED) is 0.206. The second kappa shape index (κ2) is 15.6.